The predicted molar refractivity (Wildman–Crippen MR) is 142 cm³/mol. The highest BCUT2D eigenvalue weighted by atomic mass is 16.6. The summed E-state index contributed by atoms with van der Waals surface area (Å²) in [6.07, 6.45) is -0.315. The zero-order valence-electron chi connectivity index (χ0n) is 21.2. The number of benzene rings is 3. The van der Waals surface area contributed by atoms with Gasteiger partial charge in [-0.2, -0.15) is 0 Å². The molecular weight excluding hydrogens is 468 g/mol. The number of carbonyl (C=O) groups excluding carboxylic acids is 1. The van der Waals surface area contributed by atoms with Crippen LogP contribution in [0.4, 0.5) is 4.79 Å². The number of amides is 1. The fourth-order valence-electron chi connectivity index (χ4n) is 4.98. The third kappa shape index (κ3) is 6.56. The molecule has 0 spiro atoms. The summed E-state index contributed by atoms with van der Waals surface area (Å²) in [5.41, 5.74) is 3.11. The Balaban J connectivity index is 1.45. The van der Waals surface area contributed by atoms with Crippen molar-refractivity contribution < 1.29 is 24.1 Å². The standard InChI is InChI=1S/C30H36N2O5/c33-20-21-35-22-23-36-24-25-37-29(34)31-16-18-32(19-17-31)30(26-10-4-1-5-11-26,27-12-6-2-7-13-27)28-14-8-3-9-15-28/h1-15,33H,16-25H2. The highest BCUT2D eigenvalue weighted by Gasteiger charge is 2.43. The van der Waals surface area contributed by atoms with Gasteiger partial charge in [-0.15, -0.1) is 0 Å². The highest BCUT2D eigenvalue weighted by molar-refractivity contribution is 5.67. The average molecular weight is 505 g/mol. The number of hydrogen-bond donors (Lipinski definition) is 1. The van der Waals surface area contributed by atoms with Crippen LogP contribution in [-0.2, 0) is 19.7 Å². The highest BCUT2D eigenvalue weighted by Crippen LogP contribution is 2.42. The van der Waals surface area contributed by atoms with Crippen LogP contribution in [0.5, 0.6) is 0 Å². The lowest BCUT2D eigenvalue weighted by Gasteiger charge is -2.48. The molecule has 0 radical (unpaired) electrons. The van der Waals surface area contributed by atoms with Crippen LogP contribution in [0.2, 0.25) is 0 Å². The second-order valence-corrected chi connectivity index (χ2v) is 8.85. The van der Waals surface area contributed by atoms with Crippen LogP contribution in [0.15, 0.2) is 91.0 Å². The zero-order chi connectivity index (χ0) is 25.8. The van der Waals surface area contributed by atoms with Crippen molar-refractivity contribution in [2.75, 3.05) is 65.8 Å². The van der Waals surface area contributed by atoms with Crippen molar-refractivity contribution >= 4 is 6.09 Å². The molecule has 1 N–H and O–H groups in total. The maximum absolute atomic E-state index is 12.7. The van der Waals surface area contributed by atoms with Gasteiger partial charge in [-0.3, -0.25) is 4.90 Å². The van der Waals surface area contributed by atoms with Crippen molar-refractivity contribution in [3.63, 3.8) is 0 Å². The van der Waals surface area contributed by atoms with E-state index in [-0.39, 0.29) is 19.3 Å². The molecule has 1 fully saturated rings. The number of nitrogens with zero attached hydrogens (tertiary/aromatic N) is 2. The summed E-state index contributed by atoms with van der Waals surface area (Å²) >= 11 is 0. The Morgan fingerprint density at radius 2 is 1.08 bits per heavy atom. The van der Waals surface area contributed by atoms with Gasteiger partial charge >= 0.3 is 6.09 Å². The number of piperazine rings is 1. The first-order valence-corrected chi connectivity index (χ1v) is 12.9. The number of hydrogen-bond acceptors (Lipinski definition) is 6. The van der Waals surface area contributed by atoms with Crippen molar-refractivity contribution in [3.8, 4) is 0 Å². The first kappa shape index (κ1) is 26.8. The van der Waals surface area contributed by atoms with Gasteiger partial charge in [0.15, 0.2) is 0 Å². The van der Waals surface area contributed by atoms with E-state index in [1.165, 1.54) is 16.7 Å². The molecule has 3 aromatic carbocycles. The van der Waals surface area contributed by atoms with Crippen LogP contribution in [-0.4, -0.2) is 86.8 Å². The van der Waals surface area contributed by atoms with E-state index < -0.39 is 5.54 Å². The van der Waals surface area contributed by atoms with E-state index in [9.17, 15) is 4.79 Å². The predicted octanol–water partition coefficient (Wildman–Crippen LogP) is 3.76. The first-order chi connectivity index (χ1) is 18.3. The van der Waals surface area contributed by atoms with E-state index in [2.05, 4.69) is 77.7 Å². The Hall–Kier alpha value is -3.23. The SMILES string of the molecule is O=C(OCCOCCOCCO)N1CCN(C(c2ccccc2)(c2ccccc2)c2ccccc2)CC1. The second-order valence-electron chi connectivity index (χ2n) is 8.85. The Labute approximate surface area is 219 Å². The van der Waals surface area contributed by atoms with Gasteiger partial charge in [-0.05, 0) is 16.7 Å². The van der Waals surface area contributed by atoms with Crippen molar-refractivity contribution in [2.24, 2.45) is 0 Å². The molecule has 7 heteroatoms. The number of rotatable bonds is 12. The smallest absolute Gasteiger partial charge is 0.409 e. The van der Waals surface area contributed by atoms with Crippen molar-refractivity contribution in [1.29, 1.82) is 0 Å². The minimum absolute atomic E-state index is 0.00591. The van der Waals surface area contributed by atoms with Crippen LogP contribution in [0.3, 0.4) is 0 Å². The van der Waals surface area contributed by atoms with Crippen LogP contribution >= 0.6 is 0 Å². The summed E-state index contributed by atoms with van der Waals surface area (Å²) in [4.78, 5) is 17.0. The van der Waals surface area contributed by atoms with Crippen LogP contribution in [0.25, 0.3) is 0 Å². The van der Waals surface area contributed by atoms with Gasteiger partial charge in [0.25, 0.3) is 0 Å². The monoisotopic (exact) mass is 504 g/mol. The molecule has 0 aromatic heterocycles. The molecule has 0 saturated carbocycles. The average Bonchev–Trinajstić information content (AvgIpc) is 2.97. The lowest BCUT2D eigenvalue weighted by molar-refractivity contribution is 0.00918. The largest absolute Gasteiger partial charge is 0.447 e. The molecule has 1 amide bonds. The molecular formula is C30H36N2O5. The van der Waals surface area contributed by atoms with E-state index >= 15 is 0 Å². The Bertz CT molecular complexity index is 960. The number of aliphatic hydroxyl groups is 1. The van der Waals surface area contributed by atoms with Gasteiger partial charge in [-0.1, -0.05) is 91.0 Å². The molecule has 1 saturated heterocycles. The van der Waals surface area contributed by atoms with E-state index in [1.54, 1.807) is 4.90 Å². The van der Waals surface area contributed by atoms with Crippen molar-refractivity contribution in [1.82, 2.24) is 9.80 Å². The molecule has 7 nitrogen and oxygen atoms in total. The molecule has 196 valence electrons. The van der Waals surface area contributed by atoms with Crippen LogP contribution in [0.1, 0.15) is 16.7 Å². The zero-order valence-corrected chi connectivity index (χ0v) is 21.2. The fourth-order valence-corrected chi connectivity index (χ4v) is 4.98. The quantitative estimate of drug-likeness (QED) is 0.299. The minimum Gasteiger partial charge on any atom is -0.447 e. The van der Waals surface area contributed by atoms with Crippen molar-refractivity contribution in [2.45, 2.75) is 5.54 Å². The molecule has 1 aliphatic rings. The summed E-state index contributed by atoms with van der Waals surface area (Å²) in [5, 5.41) is 8.70. The van der Waals surface area contributed by atoms with Gasteiger partial charge < -0.3 is 24.2 Å². The number of aliphatic hydroxyl groups excluding tert-OH is 1. The molecule has 0 unspecified atom stereocenters. The van der Waals surface area contributed by atoms with Crippen molar-refractivity contribution in [3.05, 3.63) is 108 Å². The Morgan fingerprint density at radius 3 is 1.54 bits per heavy atom. The summed E-state index contributed by atoms with van der Waals surface area (Å²) in [6, 6.07) is 31.8. The number of carbonyl (C=O) groups is 1. The van der Waals surface area contributed by atoms with E-state index in [1.807, 2.05) is 18.2 Å². The minimum atomic E-state index is -0.480. The lowest BCUT2D eigenvalue weighted by atomic mass is 9.75. The van der Waals surface area contributed by atoms with Crippen LogP contribution in [0, 0.1) is 0 Å². The summed E-state index contributed by atoms with van der Waals surface area (Å²) in [5.74, 6) is 0. The third-order valence-electron chi connectivity index (χ3n) is 6.65. The molecule has 1 heterocycles. The Morgan fingerprint density at radius 1 is 0.649 bits per heavy atom. The van der Waals surface area contributed by atoms with Gasteiger partial charge in [0.05, 0.1) is 38.6 Å². The van der Waals surface area contributed by atoms with Gasteiger partial charge in [0.2, 0.25) is 0 Å². The molecule has 0 bridgehead atoms. The summed E-state index contributed by atoms with van der Waals surface area (Å²) < 4.78 is 16.0. The summed E-state index contributed by atoms with van der Waals surface area (Å²) in [6.45, 7) is 4.15. The van der Waals surface area contributed by atoms with E-state index in [0.717, 1.165) is 0 Å². The molecule has 4 rings (SSSR count). The van der Waals surface area contributed by atoms with E-state index in [4.69, 9.17) is 19.3 Å². The maximum Gasteiger partial charge on any atom is 0.409 e. The molecule has 0 aliphatic carbocycles. The normalized spacial score (nSPS) is 14.5. The van der Waals surface area contributed by atoms with Crippen LogP contribution < -0.4 is 0 Å². The third-order valence-corrected chi connectivity index (χ3v) is 6.65. The fraction of sp³-hybridized carbons (Fsp3) is 0.367. The lowest BCUT2D eigenvalue weighted by Crippen LogP contribution is -2.57. The summed E-state index contributed by atoms with van der Waals surface area (Å²) in [7, 11) is 0. The van der Waals surface area contributed by atoms with Gasteiger partial charge in [-0.25, -0.2) is 4.79 Å². The molecule has 1 aliphatic heterocycles. The second kappa shape index (κ2) is 13.9. The topological polar surface area (TPSA) is 71.5 Å². The van der Waals surface area contributed by atoms with Gasteiger partial charge in [0.1, 0.15) is 6.61 Å². The molecule has 37 heavy (non-hydrogen) atoms. The first-order valence-electron chi connectivity index (χ1n) is 12.9. The maximum atomic E-state index is 12.7. The molecule has 0 atom stereocenters. The molecule has 3 aromatic rings. The van der Waals surface area contributed by atoms with E-state index in [0.29, 0.717) is 52.6 Å². The van der Waals surface area contributed by atoms with Gasteiger partial charge in [0, 0.05) is 26.2 Å². The Kier molecular flexibility index (Phi) is 10.1. The number of ether oxygens (including phenoxy) is 3.